The van der Waals surface area contributed by atoms with Gasteiger partial charge in [-0.15, -0.1) is 0 Å². The van der Waals surface area contributed by atoms with Gasteiger partial charge in [-0.2, -0.15) is 0 Å². The Bertz CT molecular complexity index is 588. The molecule has 2 aromatic carbocycles. The van der Waals surface area contributed by atoms with Crippen LogP contribution in [0, 0.1) is 0 Å². The van der Waals surface area contributed by atoms with Crippen LogP contribution in [0.1, 0.15) is 35.7 Å². The smallest absolute Gasteiger partial charge is 0.339 e. The zero-order valence-corrected chi connectivity index (χ0v) is 11.0. The second-order valence-electron chi connectivity index (χ2n) is 4.60. The van der Waals surface area contributed by atoms with Gasteiger partial charge < -0.3 is 9.84 Å². The standard InChI is InChI=1S/C16H16O3/c1-11(2)12-7-3-5-9-14(12)19-15-10-6-4-8-13(15)16(17)18/h3-11H,1-2H3,(H,17,18). The molecule has 0 aliphatic heterocycles. The van der Waals surface area contributed by atoms with Crippen molar-refractivity contribution in [2.45, 2.75) is 19.8 Å². The molecule has 2 rings (SSSR count). The average molecular weight is 256 g/mol. The van der Waals surface area contributed by atoms with Crippen LogP contribution < -0.4 is 4.74 Å². The zero-order chi connectivity index (χ0) is 13.8. The first kappa shape index (κ1) is 13.1. The predicted molar refractivity (Wildman–Crippen MR) is 74.0 cm³/mol. The molecule has 98 valence electrons. The zero-order valence-electron chi connectivity index (χ0n) is 11.0. The average Bonchev–Trinajstić information content (AvgIpc) is 2.39. The summed E-state index contributed by atoms with van der Waals surface area (Å²) in [5.74, 6) is 0.389. The Morgan fingerprint density at radius 3 is 2.21 bits per heavy atom. The molecule has 0 saturated carbocycles. The fourth-order valence-electron chi connectivity index (χ4n) is 1.90. The summed E-state index contributed by atoms with van der Waals surface area (Å²) in [5, 5.41) is 9.14. The minimum Gasteiger partial charge on any atom is -0.478 e. The Kier molecular flexibility index (Phi) is 3.85. The van der Waals surface area contributed by atoms with E-state index in [0.717, 1.165) is 5.56 Å². The van der Waals surface area contributed by atoms with Gasteiger partial charge in [0.2, 0.25) is 0 Å². The van der Waals surface area contributed by atoms with Gasteiger partial charge >= 0.3 is 5.97 Å². The summed E-state index contributed by atoms with van der Waals surface area (Å²) < 4.78 is 5.78. The lowest BCUT2D eigenvalue weighted by atomic mass is 10.0. The van der Waals surface area contributed by atoms with E-state index in [2.05, 4.69) is 13.8 Å². The normalized spacial score (nSPS) is 10.5. The van der Waals surface area contributed by atoms with E-state index in [1.807, 2.05) is 24.3 Å². The van der Waals surface area contributed by atoms with Crippen LogP contribution in [0.3, 0.4) is 0 Å². The highest BCUT2D eigenvalue weighted by Crippen LogP contribution is 2.31. The number of hydrogen-bond acceptors (Lipinski definition) is 2. The van der Waals surface area contributed by atoms with E-state index in [1.54, 1.807) is 18.2 Å². The van der Waals surface area contributed by atoms with Gasteiger partial charge in [0.15, 0.2) is 0 Å². The highest BCUT2D eigenvalue weighted by molar-refractivity contribution is 5.90. The number of carbonyl (C=O) groups is 1. The molecular formula is C16H16O3. The molecule has 0 radical (unpaired) electrons. The Morgan fingerprint density at radius 2 is 1.58 bits per heavy atom. The van der Waals surface area contributed by atoms with Crippen LogP contribution in [-0.4, -0.2) is 11.1 Å². The van der Waals surface area contributed by atoms with Gasteiger partial charge in [-0.1, -0.05) is 44.2 Å². The molecule has 2 aromatic rings. The molecule has 0 saturated heterocycles. The number of ether oxygens (including phenoxy) is 1. The van der Waals surface area contributed by atoms with Crippen LogP contribution in [0.25, 0.3) is 0 Å². The lowest BCUT2D eigenvalue weighted by molar-refractivity contribution is 0.0694. The summed E-state index contributed by atoms with van der Waals surface area (Å²) in [6.45, 7) is 4.15. The number of rotatable bonds is 4. The van der Waals surface area contributed by atoms with Gasteiger partial charge in [0.25, 0.3) is 0 Å². The summed E-state index contributed by atoms with van der Waals surface area (Å²) in [5.41, 5.74) is 1.23. The van der Waals surface area contributed by atoms with Gasteiger partial charge in [0.1, 0.15) is 17.1 Å². The Labute approximate surface area is 112 Å². The van der Waals surface area contributed by atoms with Crippen molar-refractivity contribution in [3.05, 3.63) is 59.7 Å². The number of para-hydroxylation sites is 2. The second-order valence-corrected chi connectivity index (χ2v) is 4.60. The number of hydrogen-bond donors (Lipinski definition) is 1. The molecule has 1 N–H and O–H groups in total. The van der Waals surface area contributed by atoms with Gasteiger partial charge in [0, 0.05) is 0 Å². The summed E-state index contributed by atoms with van der Waals surface area (Å²) in [7, 11) is 0. The van der Waals surface area contributed by atoms with E-state index in [9.17, 15) is 4.79 Å². The van der Waals surface area contributed by atoms with Crippen LogP contribution in [0.2, 0.25) is 0 Å². The third-order valence-corrected chi connectivity index (χ3v) is 2.88. The molecule has 0 bridgehead atoms. The lowest BCUT2D eigenvalue weighted by Gasteiger charge is -2.14. The molecule has 3 heteroatoms. The molecule has 0 aromatic heterocycles. The molecule has 0 fully saturated rings. The minimum absolute atomic E-state index is 0.168. The van der Waals surface area contributed by atoms with E-state index < -0.39 is 5.97 Å². The van der Waals surface area contributed by atoms with Crippen LogP contribution in [-0.2, 0) is 0 Å². The van der Waals surface area contributed by atoms with Crippen LogP contribution in [0.5, 0.6) is 11.5 Å². The molecule has 0 unspecified atom stereocenters. The van der Waals surface area contributed by atoms with Crippen LogP contribution >= 0.6 is 0 Å². The van der Waals surface area contributed by atoms with E-state index >= 15 is 0 Å². The predicted octanol–water partition coefficient (Wildman–Crippen LogP) is 4.30. The molecular weight excluding hydrogens is 240 g/mol. The molecule has 0 atom stereocenters. The molecule has 0 aliphatic rings. The van der Waals surface area contributed by atoms with Crippen molar-refractivity contribution < 1.29 is 14.6 Å². The van der Waals surface area contributed by atoms with Crippen molar-refractivity contribution in [2.75, 3.05) is 0 Å². The van der Waals surface area contributed by atoms with Gasteiger partial charge in [0.05, 0.1) is 0 Å². The van der Waals surface area contributed by atoms with Crippen molar-refractivity contribution in [2.24, 2.45) is 0 Å². The second kappa shape index (κ2) is 5.57. The number of benzene rings is 2. The molecule has 0 aliphatic carbocycles. The maximum absolute atomic E-state index is 11.2. The first-order valence-corrected chi connectivity index (χ1v) is 6.18. The van der Waals surface area contributed by atoms with E-state index in [4.69, 9.17) is 9.84 Å². The summed E-state index contributed by atoms with van der Waals surface area (Å²) in [6, 6.07) is 14.3. The number of carboxylic acids is 1. The van der Waals surface area contributed by atoms with Crippen molar-refractivity contribution >= 4 is 5.97 Å². The monoisotopic (exact) mass is 256 g/mol. The summed E-state index contributed by atoms with van der Waals surface area (Å²) >= 11 is 0. The molecule has 3 nitrogen and oxygen atoms in total. The summed E-state index contributed by atoms with van der Waals surface area (Å²) in [6.07, 6.45) is 0. The first-order chi connectivity index (χ1) is 9.09. The summed E-state index contributed by atoms with van der Waals surface area (Å²) in [4.78, 5) is 11.2. The molecule has 0 heterocycles. The molecule has 0 amide bonds. The lowest BCUT2D eigenvalue weighted by Crippen LogP contribution is -2.01. The Balaban J connectivity index is 2.39. The van der Waals surface area contributed by atoms with Crippen molar-refractivity contribution in [1.82, 2.24) is 0 Å². The highest BCUT2D eigenvalue weighted by atomic mass is 16.5. The SMILES string of the molecule is CC(C)c1ccccc1Oc1ccccc1C(=O)O. The Morgan fingerprint density at radius 1 is 1.00 bits per heavy atom. The third-order valence-electron chi connectivity index (χ3n) is 2.88. The third kappa shape index (κ3) is 2.94. The minimum atomic E-state index is -0.988. The van der Waals surface area contributed by atoms with Gasteiger partial charge in [-0.25, -0.2) is 4.79 Å². The van der Waals surface area contributed by atoms with Crippen LogP contribution in [0.4, 0.5) is 0 Å². The van der Waals surface area contributed by atoms with E-state index in [1.165, 1.54) is 6.07 Å². The quantitative estimate of drug-likeness (QED) is 0.887. The van der Waals surface area contributed by atoms with E-state index in [-0.39, 0.29) is 5.56 Å². The molecule has 19 heavy (non-hydrogen) atoms. The fourth-order valence-corrected chi connectivity index (χ4v) is 1.90. The van der Waals surface area contributed by atoms with Gasteiger partial charge in [-0.05, 0) is 29.7 Å². The largest absolute Gasteiger partial charge is 0.478 e. The fraction of sp³-hybridized carbons (Fsp3) is 0.188. The first-order valence-electron chi connectivity index (χ1n) is 6.18. The Hall–Kier alpha value is -2.29. The van der Waals surface area contributed by atoms with Crippen molar-refractivity contribution in [3.8, 4) is 11.5 Å². The maximum atomic E-state index is 11.2. The van der Waals surface area contributed by atoms with E-state index in [0.29, 0.717) is 17.4 Å². The number of carboxylic acid groups (broad SMARTS) is 1. The number of aromatic carboxylic acids is 1. The van der Waals surface area contributed by atoms with Crippen molar-refractivity contribution in [1.29, 1.82) is 0 Å². The van der Waals surface area contributed by atoms with Crippen LogP contribution in [0.15, 0.2) is 48.5 Å². The maximum Gasteiger partial charge on any atom is 0.339 e. The highest BCUT2D eigenvalue weighted by Gasteiger charge is 2.13. The molecule has 0 spiro atoms. The van der Waals surface area contributed by atoms with Gasteiger partial charge in [-0.3, -0.25) is 0 Å². The topological polar surface area (TPSA) is 46.5 Å². The van der Waals surface area contributed by atoms with Crippen molar-refractivity contribution in [3.63, 3.8) is 0 Å².